The van der Waals surface area contributed by atoms with Crippen molar-refractivity contribution < 1.29 is 4.92 Å². The number of hydrogen-bond donors (Lipinski definition) is 2. The van der Waals surface area contributed by atoms with E-state index in [1.807, 2.05) is 6.07 Å². The van der Waals surface area contributed by atoms with Gasteiger partial charge < -0.3 is 10.3 Å². The first kappa shape index (κ1) is 13.6. The highest BCUT2D eigenvalue weighted by Gasteiger charge is 2.29. The smallest absolute Gasteiger partial charge is 0.273 e. The standard InChI is InChI=1S/C13H20N4O2/c1-2-3-6-16(11-4-5-11)12-7-10(15-14)8-13(9-12)17(18)19/h7-9,11,15H,2-6,14H2,1H3. The molecule has 0 bridgehead atoms. The average Bonchev–Trinajstić information content (AvgIpc) is 3.23. The molecule has 6 nitrogen and oxygen atoms in total. The average molecular weight is 264 g/mol. The third-order valence-corrected chi connectivity index (χ3v) is 3.35. The summed E-state index contributed by atoms with van der Waals surface area (Å²) in [7, 11) is 0. The number of non-ortho nitro benzene ring substituents is 1. The Hall–Kier alpha value is -1.82. The lowest BCUT2D eigenvalue weighted by Gasteiger charge is -2.25. The number of nitro benzene ring substituents is 1. The van der Waals surface area contributed by atoms with Crippen LogP contribution in [0.5, 0.6) is 0 Å². The van der Waals surface area contributed by atoms with Crippen molar-refractivity contribution in [3.63, 3.8) is 0 Å². The maximum atomic E-state index is 11.0. The van der Waals surface area contributed by atoms with Crippen LogP contribution in [0.3, 0.4) is 0 Å². The largest absolute Gasteiger partial charge is 0.368 e. The molecule has 2 rings (SSSR count). The van der Waals surface area contributed by atoms with E-state index in [9.17, 15) is 10.1 Å². The van der Waals surface area contributed by atoms with Crippen LogP contribution >= 0.6 is 0 Å². The van der Waals surface area contributed by atoms with E-state index in [1.165, 1.54) is 6.07 Å². The lowest BCUT2D eigenvalue weighted by Crippen LogP contribution is -2.27. The van der Waals surface area contributed by atoms with Gasteiger partial charge in [-0.25, -0.2) is 0 Å². The van der Waals surface area contributed by atoms with E-state index in [1.54, 1.807) is 6.07 Å². The summed E-state index contributed by atoms with van der Waals surface area (Å²) < 4.78 is 0. The second-order valence-electron chi connectivity index (χ2n) is 4.92. The van der Waals surface area contributed by atoms with E-state index in [4.69, 9.17) is 5.84 Å². The highest BCUT2D eigenvalue weighted by atomic mass is 16.6. The summed E-state index contributed by atoms with van der Waals surface area (Å²) in [6, 6.07) is 5.49. The van der Waals surface area contributed by atoms with Crippen molar-refractivity contribution in [3.05, 3.63) is 28.3 Å². The van der Waals surface area contributed by atoms with E-state index in [0.29, 0.717) is 11.7 Å². The fraction of sp³-hybridized carbons (Fsp3) is 0.538. The number of nitrogens with two attached hydrogens (primary N) is 1. The van der Waals surface area contributed by atoms with Crippen LogP contribution in [0.15, 0.2) is 18.2 Å². The summed E-state index contributed by atoms with van der Waals surface area (Å²) in [6.45, 7) is 3.08. The first-order valence-electron chi connectivity index (χ1n) is 6.68. The number of unbranched alkanes of at least 4 members (excludes halogenated alkanes) is 1. The molecule has 1 fully saturated rings. The summed E-state index contributed by atoms with van der Waals surface area (Å²) in [5, 5.41) is 11.0. The van der Waals surface area contributed by atoms with Crippen LogP contribution in [-0.2, 0) is 0 Å². The Morgan fingerprint density at radius 1 is 1.47 bits per heavy atom. The second-order valence-corrected chi connectivity index (χ2v) is 4.92. The van der Waals surface area contributed by atoms with E-state index >= 15 is 0 Å². The van der Waals surface area contributed by atoms with Gasteiger partial charge in [0.1, 0.15) is 0 Å². The molecule has 1 aromatic carbocycles. The molecule has 1 aromatic rings. The van der Waals surface area contributed by atoms with Gasteiger partial charge in [0.05, 0.1) is 10.6 Å². The van der Waals surface area contributed by atoms with E-state index in [2.05, 4.69) is 17.2 Å². The molecule has 0 aliphatic heterocycles. The van der Waals surface area contributed by atoms with Gasteiger partial charge in [-0.15, -0.1) is 0 Å². The van der Waals surface area contributed by atoms with E-state index in [-0.39, 0.29) is 10.6 Å². The van der Waals surface area contributed by atoms with Crippen LogP contribution in [0, 0.1) is 10.1 Å². The van der Waals surface area contributed by atoms with Crippen LogP contribution in [0.1, 0.15) is 32.6 Å². The minimum absolute atomic E-state index is 0.0765. The molecule has 1 saturated carbocycles. The van der Waals surface area contributed by atoms with Crippen LogP contribution in [0.2, 0.25) is 0 Å². The maximum Gasteiger partial charge on any atom is 0.273 e. The fourth-order valence-corrected chi connectivity index (χ4v) is 2.19. The molecule has 1 aliphatic carbocycles. The summed E-state index contributed by atoms with van der Waals surface area (Å²) in [5.74, 6) is 5.39. The Balaban J connectivity index is 2.29. The number of nitrogens with one attached hydrogen (secondary N) is 1. The molecule has 0 amide bonds. The van der Waals surface area contributed by atoms with Crippen molar-refractivity contribution >= 4 is 17.1 Å². The van der Waals surface area contributed by atoms with Crippen molar-refractivity contribution in [2.45, 2.75) is 38.6 Å². The predicted octanol–water partition coefficient (Wildman–Crippen LogP) is 2.65. The summed E-state index contributed by atoms with van der Waals surface area (Å²) in [6.07, 6.45) is 4.53. The highest BCUT2D eigenvalue weighted by Crippen LogP contribution is 2.35. The third kappa shape index (κ3) is 3.35. The molecular formula is C13H20N4O2. The first-order chi connectivity index (χ1) is 9.15. The number of nitrogen functional groups attached to an aromatic ring is 1. The lowest BCUT2D eigenvalue weighted by molar-refractivity contribution is -0.384. The Bertz CT molecular complexity index is 460. The molecule has 19 heavy (non-hydrogen) atoms. The first-order valence-corrected chi connectivity index (χ1v) is 6.68. The number of nitro groups is 1. The minimum atomic E-state index is -0.380. The van der Waals surface area contributed by atoms with Gasteiger partial charge in [-0.1, -0.05) is 13.3 Å². The number of benzene rings is 1. The van der Waals surface area contributed by atoms with Gasteiger partial charge in [0.15, 0.2) is 0 Å². The van der Waals surface area contributed by atoms with Gasteiger partial charge in [0.25, 0.3) is 5.69 Å². The zero-order valence-corrected chi connectivity index (χ0v) is 11.1. The molecule has 6 heteroatoms. The number of anilines is 2. The Morgan fingerprint density at radius 3 is 2.74 bits per heavy atom. The van der Waals surface area contributed by atoms with Gasteiger partial charge in [-0.3, -0.25) is 16.0 Å². The topological polar surface area (TPSA) is 84.4 Å². The predicted molar refractivity (Wildman–Crippen MR) is 76.2 cm³/mol. The van der Waals surface area contributed by atoms with Gasteiger partial charge in [-0.2, -0.15) is 0 Å². The lowest BCUT2D eigenvalue weighted by atomic mass is 10.2. The fourth-order valence-electron chi connectivity index (χ4n) is 2.19. The van der Waals surface area contributed by atoms with Gasteiger partial charge >= 0.3 is 0 Å². The van der Waals surface area contributed by atoms with Gasteiger partial charge in [0.2, 0.25) is 0 Å². The second kappa shape index (κ2) is 5.88. The van der Waals surface area contributed by atoms with Crippen molar-refractivity contribution in [2.24, 2.45) is 5.84 Å². The highest BCUT2D eigenvalue weighted by molar-refractivity contribution is 5.65. The summed E-state index contributed by atoms with van der Waals surface area (Å²) in [4.78, 5) is 12.8. The van der Waals surface area contributed by atoms with Crippen LogP contribution in [0.25, 0.3) is 0 Å². The molecular weight excluding hydrogens is 244 g/mol. The van der Waals surface area contributed by atoms with E-state index in [0.717, 1.165) is 37.9 Å². The SMILES string of the molecule is CCCCN(c1cc(NN)cc([N+](=O)[O-])c1)C1CC1. The molecule has 104 valence electrons. The Morgan fingerprint density at radius 2 is 2.21 bits per heavy atom. The third-order valence-electron chi connectivity index (χ3n) is 3.35. The number of rotatable bonds is 7. The molecule has 1 aliphatic rings. The quantitative estimate of drug-likeness (QED) is 0.449. The van der Waals surface area contributed by atoms with Crippen molar-refractivity contribution in [2.75, 3.05) is 16.9 Å². The number of nitrogens with zero attached hydrogens (tertiary/aromatic N) is 2. The van der Waals surface area contributed by atoms with Crippen molar-refractivity contribution in [1.82, 2.24) is 0 Å². The Kier molecular flexibility index (Phi) is 4.21. The minimum Gasteiger partial charge on any atom is -0.368 e. The molecule has 0 unspecified atom stereocenters. The number of hydrazine groups is 1. The number of hydrogen-bond acceptors (Lipinski definition) is 5. The van der Waals surface area contributed by atoms with Gasteiger partial charge in [-0.05, 0) is 25.3 Å². The monoisotopic (exact) mass is 264 g/mol. The van der Waals surface area contributed by atoms with Crippen LogP contribution < -0.4 is 16.2 Å². The van der Waals surface area contributed by atoms with Crippen molar-refractivity contribution in [1.29, 1.82) is 0 Å². The Labute approximate surface area is 112 Å². The van der Waals surface area contributed by atoms with Crippen LogP contribution in [-0.4, -0.2) is 17.5 Å². The molecule has 0 spiro atoms. The van der Waals surface area contributed by atoms with Crippen molar-refractivity contribution in [3.8, 4) is 0 Å². The maximum absolute atomic E-state index is 11.0. The molecule has 0 aromatic heterocycles. The molecule has 0 atom stereocenters. The molecule has 0 heterocycles. The molecule has 0 radical (unpaired) electrons. The van der Waals surface area contributed by atoms with Crippen LogP contribution in [0.4, 0.5) is 17.1 Å². The summed E-state index contributed by atoms with van der Waals surface area (Å²) >= 11 is 0. The molecule has 0 saturated heterocycles. The zero-order valence-electron chi connectivity index (χ0n) is 11.1. The van der Waals surface area contributed by atoms with Gasteiger partial charge in [0, 0.05) is 30.4 Å². The normalized spacial score (nSPS) is 14.2. The summed E-state index contributed by atoms with van der Waals surface area (Å²) in [5.41, 5.74) is 4.04. The zero-order chi connectivity index (χ0) is 13.8. The van der Waals surface area contributed by atoms with E-state index < -0.39 is 0 Å². The molecule has 3 N–H and O–H groups in total.